The molecule has 3 heteroatoms. The van der Waals surface area contributed by atoms with Crippen LogP contribution in [-0.4, -0.2) is 19.9 Å². The summed E-state index contributed by atoms with van der Waals surface area (Å²) in [6.07, 6.45) is 1.96. The molecule has 0 N–H and O–H groups in total. The number of rotatable bonds is 1. The van der Waals surface area contributed by atoms with E-state index in [0.717, 1.165) is 5.82 Å². The number of anilines is 3. The minimum atomic E-state index is -0.373. The zero-order valence-corrected chi connectivity index (χ0v) is 21.9. The van der Waals surface area contributed by atoms with E-state index < -0.39 is 0 Å². The van der Waals surface area contributed by atoms with Crippen molar-refractivity contribution in [3.63, 3.8) is 0 Å². The van der Waals surface area contributed by atoms with Crippen LogP contribution in [0.2, 0.25) is 0 Å². The molecule has 36 heavy (non-hydrogen) atoms. The number of hydrogen-bond acceptors (Lipinski definition) is 2. The van der Waals surface area contributed by atoms with Crippen molar-refractivity contribution < 1.29 is 0 Å². The number of aromatic nitrogens is 1. The predicted octanol–water partition coefficient (Wildman–Crippen LogP) is 6.32. The van der Waals surface area contributed by atoms with Crippen LogP contribution in [0.25, 0.3) is 11.1 Å². The average Bonchev–Trinajstić information content (AvgIpc) is 3.22. The Balaban J connectivity index is 1.54. The maximum atomic E-state index is 5.12. The standard InChI is InChI=1S/C33H24N2Se/c1-20(2)21-16-17-29-28(19-21)35-31-26(13-7-15-30(31)36-29)33(27-14-8-18-34-32(27)35)24-11-5-3-9-22(24)23-10-4-6-12-25(23)33/h3-20H,1-2H3. The summed E-state index contributed by atoms with van der Waals surface area (Å²) >= 11 is 0.234. The van der Waals surface area contributed by atoms with Gasteiger partial charge in [-0.2, -0.15) is 0 Å². The maximum absolute atomic E-state index is 5.12. The molecule has 2 nitrogen and oxygen atoms in total. The number of para-hydroxylation sites is 1. The summed E-state index contributed by atoms with van der Waals surface area (Å²) in [6.45, 7) is 4.55. The van der Waals surface area contributed by atoms with E-state index in [0.29, 0.717) is 5.92 Å². The summed E-state index contributed by atoms with van der Waals surface area (Å²) in [6, 6.07) is 36.4. The molecule has 172 valence electrons. The van der Waals surface area contributed by atoms with Crippen molar-refractivity contribution >= 4 is 41.1 Å². The van der Waals surface area contributed by atoms with E-state index in [1.807, 2.05) is 6.20 Å². The molecule has 0 fully saturated rings. The molecular formula is C33H24N2Se. The minimum absolute atomic E-state index is 0.234. The Bertz CT molecular complexity index is 1670. The topological polar surface area (TPSA) is 16.1 Å². The van der Waals surface area contributed by atoms with Crippen LogP contribution in [-0.2, 0) is 5.41 Å². The van der Waals surface area contributed by atoms with E-state index in [2.05, 4.69) is 116 Å². The Morgan fingerprint density at radius 2 is 1.39 bits per heavy atom. The van der Waals surface area contributed by atoms with Crippen LogP contribution in [0, 0.1) is 0 Å². The second-order valence-corrected chi connectivity index (χ2v) is 12.5. The van der Waals surface area contributed by atoms with Crippen LogP contribution in [0.1, 0.15) is 47.6 Å². The SMILES string of the molecule is CC(C)c1ccc2c(c1)N1c3ncccc3C3(c4ccccc4-c4ccccc43)c3cccc(c31)[Se]2. The van der Waals surface area contributed by atoms with Gasteiger partial charge in [-0.1, -0.05) is 0 Å². The van der Waals surface area contributed by atoms with Crippen LogP contribution in [0.4, 0.5) is 17.2 Å². The first-order valence-corrected chi connectivity index (χ1v) is 14.3. The molecule has 1 aromatic heterocycles. The summed E-state index contributed by atoms with van der Waals surface area (Å²) < 4.78 is 2.86. The summed E-state index contributed by atoms with van der Waals surface area (Å²) in [5.74, 6) is 1.54. The molecule has 8 rings (SSSR count). The molecular weight excluding hydrogens is 503 g/mol. The van der Waals surface area contributed by atoms with Crippen molar-refractivity contribution in [1.29, 1.82) is 0 Å². The summed E-state index contributed by atoms with van der Waals surface area (Å²) in [7, 11) is 0. The van der Waals surface area contributed by atoms with Crippen molar-refractivity contribution in [3.8, 4) is 11.1 Å². The van der Waals surface area contributed by atoms with Gasteiger partial charge in [-0.3, -0.25) is 0 Å². The molecule has 1 aliphatic carbocycles. The number of nitrogens with zero attached hydrogens (tertiary/aromatic N) is 2. The second kappa shape index (κ2) is 7.20. The Labute approximate surface area is 217 Å². The third-order valence-electron chi connectivity index (χ3n) is 8.09. The Morgan fingerprint density at radius 3 is 2.14 bits per heavy atom. The molecule has 2 aliphatic heterocycles. The first kappa shape index (κ1) is 20.5. The fourth-order valence-corrected chi connectivity index (χ4v) is 8.83. The summed E-state index contributed by atoms with van der Waals surface area (Å²) in [5, 5.41) is 0. The van der Waals surface area contributed by atoms with Gasteiger partial charge in [0.05, 0.1) is 0 Å². The van der Waals surface area contributed by atoms with Crippen LogP contribution in [0.3, 0.4) is 0 Å². The molecule has 3 aliphatic rings. The van der Waals surface area contributed by atoms with E-state index in [-0.39, 0.29) is 20.4 Å². The fraction of sp³-hybridized carbons (Fsp3) is 0.121. The van der Waals surface area contributed by atoms with Crippen LogP contribution in [0.5, 0.6) is 0 Å². The van der Waals surface area contributed by atoms with Gasteiger partial charge in [0.1, 0.15) is 0 Å². The predicted molar refractivity (Wildman–Crippen MR) is 149 cm³/mol. The van der Waals surface area contributed by atoms with Crippen LogP contribution >= 0.6 is 0 Å². The summed E-state index contributed by atoms with van der Waals surface area (Å²) in [4.78, 5) is 7.59. The van der Waals surface area contributed by atoms with Gasteiger partial charge in [-0.05, 0) is 0 Å². The fourth-order valence-electron chi connectivity index (χ4n) is 6.58. The van der Waals surface area contributed by atoms with Crippen LogP contribution in [0.15, 0.2) is 103 Å². The number of pyridine rings is 1. The van der Waals surface area contributed by atoms with Gasteiger partial charge in [0.2, 0.25) is 0 Å². The second-order valence-electron chi connectivity index (χ2n) is 10.2. The third kappa shape index (κ3) is 2.40. The number of benzene rings is 4. The molecule has 0 radical (unpaired) electrons. The number of hydrogen-bond donors (Lipinski definition) is 0. The molecule has 0 bridgehead atoms. The molecule has 0 unspecified atom stereocenters. The van der Waals surface area contributed by atoms with Gasteiger partial charge in [-0.15, -0.1) is 0 Å². The molecule has 1 spiro atoms. The van der Waals surface area contributed by atoms with Crippen LogP contribution < -0.4 is 13.8 Å². The summed E-state index contributed by atoms with van der Waals surface area (Å²) in [5.41, 5.74) is 11.7. The zero-order chi connectivity index (χ0) is 24.0. The van der Waals surface area contributed by atoms with Crippen molar-refractivity contribution in [2.75, 3.05) is 4.90 Å². The van der Waals surface area contributed by atoms with E-state index in [1.54, 1.807) is 0 Å². The van der Waals surface area contributed by atoms with Gasteiger partial charge in [0.25, 0.3) is 0 Å². The van der Waals surface area contributed by atoms with Gasteiger partial charge in [0.15, 0.2) is 0 Å². The van der Waals surface area contributed by atoms with Gasteiger partial charge in [0, 0.05) is 0 Å². The van der Waals surface area contributed by atoms with Crippen molar-refractivity contribution in [3.05, 3.63) is 131 Å². The first-order valence-electron chi connectivity index (χ1n) is 12.6. The van der Waals surface area contributed by atoms with Crippen molar-refractivity contribution in [1.82, 2.24) is 4.98 Å². The zero-order valence-electron chi connectivity index (χ0n) is 20.2. The Hall–Kier alpha value is -3.65. The first-order chi connectivity index (χ1) is 17.7. The van der Waals surface area contributed by atoms with E-state index in [1.165, 1.54) is 59.2 Å². The molecule has 3 heterocycles. The van der Waals surface area contributed by atoms with Gasteiger partial charge in [-0.25, -0.2) is 0 Å². The molecule has 0 saturated heterocycles. The number of fused-ring (bicyclic) bond motifs is 11. The van der Waals surface area contributed by atoms with Gasteiger partial charge < -0.3 is 0 Å². The van der Waals surface area contributed by atoms with Gasteiger partial charge >= 0.3 is 218 Å². The Kier molecular flexibility index (Phi) is 4.10. The van der Waals surface area contributed by atoms with Crippen molar-refractivity contribution in [2.24, 2.45) is 0 Å². The molecule has 0 atom stereocenters. The van der Waals surface area contributed by atoms with E-state index in [9.17, 15) is 0 Å². The third-order valence-corrected chi connectivity index (χ3v) is 10.4. The molecule has 5 aromatic rings. The molecule has 4 aromatic carbocycles. The normalized spacial score (nSPS) is 15.2. The monoisotopic (exact) mass is 528 g/mol. The average molecular weight is 528 g/mol. The van der Waals surface area contributed by atoms with E-state index >= 15 is 0 Å². The molecule has 0 saturated carbocycles. The van der Waals surface area contributed by atoms with Crippen molar-refractivity contribution in [2.45, 2.75) is 25.2 Å². The molecule has 0 amide bonds. The quantitative estimate of drug-likeness (QED) is 0.232. The van der Waals surface area contributed by atoms with E-state index in [4.69, 9.17) is 4.98 Å². The Morgan fingerprint density at radius 1 is 0.694 bits per heavy atom.